The van der Waals surface area contributed by atoms with Gasteiger partial charge in [0.25, 0.3) is 0 Å². The van der Waals surface area contributed by atoms with Gasteiger partial charge in [-0.15, -0.1) is 0 Å². The Labute approximate surface area is 44.0 Å². The van der Waals surface area contributed by atoms with Crippen LogP contribution in [-0.4, -0.2) is 20.5 Å². The van der Waals surface area contributed by atoms with E-state index in [0.717, 1.165) is 5.41 Å². The molecule has 42 valence electrons. The lowest BCUT2D eigenvalue weighted by atomic mass is 10.7. The summed E-state index contributed by atoms with van der Waals surface area (Å²) < 4.78 is 17.6. The number of hydrogen-bond acceptors (Lipinski definition) is 2. The molecular weight excluding hydrogens is 116 g/mol. The zero-order valence-corrected chi connectivity index (χ0v) is 4.39. The van der Waals surface area contributed by atoms with Gasteiger partial charge in [0.05, 0.1) is 6.61 Å². The first-order chi connectivity index (χ1) is 3.27. The largest absolute Gasteiger partial charge is 0.392 e. The standard InChI is InChI=1S/C3H6O3S/c4-2-1-3-7(5)6/h1,3-4H,2H2,(H,5,6). The Bertz CT molecular complexity index is 88.2. The van der Waals surface area contributed by atoms with Gasteiger partial charge >= 0.3 is 0 Å². The zero-order valence-electron chi connectivity index (χ0n) is 3.57. The summed E-state index contributed by atoms with van der Waals surface area (Å²) in [5, 5.41) is 8.98. The second kappa shape index (κ2) is 3.98. The fourth-order valence-electron chi connectivity index (χ4n) is 0.125. The summed E-state index contributed by atoms with van der Waals surface area (Å²) in [6.07, 6.45) is 1.20. The van der Waals surface area contributed by atoms with Crippen molar-refractivity contribution in [3.05, 3.63) is 11.5 Å². The molecule has 0 aromatic rings. The third-order valence-corrected chi connectivity index (χ3v) is 0.743. The maximum Gasteiger partial charge on any atom is 0.178 e. The van der Waals surface area contributed by atoms with Crippen LogP contribution in [0.15, 0.2) is 11.5 Å². The van der Waals surface area contributed by atoms with Gasteiger partial charge in [-0.3, -0.25) is 0 Å². The summed E-state index contributed by atoms with van der Waals surface area (Å²) in [6, 6.07) is 0. The van der Waals surface area contributed by atoms with E-state index in [1.54, 1.807) is 0 Å². The van der Waals surface area contributed by atoms with E-state index in [-0.39, 0.29) is 6.61 Å². The summed E-state index contributed by atoms with van der Waals surface area (Å²) in [7, 11) is 0. The minimum atomic E-state index is -1.91. The molecule has 0 fully saturated rings. The second-order valence-electron chi connectivity index (χ2n) is 0.831. The van der Waals surface area contributed by atoms with Gasteiger partial charge in [-0.25, -0.2) is 4.21 Å². The van der Waals surface area contributed by atoms with Gasteiger partial charge < -0.3 is 9.66 Å². The molecule has 0 radical (unpaired) electrons. The van der Waals surface area contributed by atoms with Crippen LogP contribution >= 0.6 is 0 Å². The predicted octanol–water partition coefficient (Wildman–Crippen LogP) is -0.286. The fourth-order valence-corrected chi connectivity index (χ4v) is 0.376. The average molecular weight is 122 g/mol. The lowest BCUT2D eigenvalue weighted by Crippen LogP contribution is -1.78. The van der Waals surface area contributed by atoms with Gasteiger partial charge in [0, 0.05) is 5.41 Å². The summed E-state index contributed by atoms with van der Waals surface area (Å²) in [5.74, 6) is 0. The van der Waals surface area contributed by atoms with Crippen LogP contribution in [0.1, 0.15) is 0 Å². The molecule has 0 saturated carbocycles. The van der Waals surface area contributed by atoms with Gasteiger partial charge in [0.15, 0.2) is 11.1 Å². The lowest BCUT2D eigenvalue weighted by molar-refractivity contribution is 0.343. The first-order valence-corrected chi connectivity index (χ1v) is 2.81. The first kappa shape index (κ1) is 6.81. The molecule has 0 aromatic heterocycles. The quantitative estimate of drug-likeness (QED) is 0.495. The van der Waals surface area contributed by atoms with Crippen molar-refractivity contribution in [1.29, 1.82) is 0 Å². The van der Waals surface area contributed by atoms with Gasteiger partial charge in [-0.05, 0) is 6.08 Å². The highest BCUT2D eigenvalue weighted by Crippen LogP contribution is 1.73. The molecule has 0 bridgehead atoms. The second-order valence-corrected chi connectivity index (χ2v) is 1.66. The molecule has 0 amide bonds. The van der Waals surface area contributed by atoms with Crippen molar-refractivity contribution in [2.24, 2.45) is 0 Å². The zero-order chi connectivity index (χ0) is 5.70. The lowest BCUT2D eigenvalue weighted by Gasteiger charge is -1.74. The van der Waals surface area contributed by atoms with Gasteiger partial charge in [-0.1, -0.05) is 0 Å². The summed E-state index contributed by atoms with van der Waals surface area (Å²) in [5.41, 5.74) is 0. The van der Waals surface area contributed by atoms with Gasteiger partial charge in [0.2, 0.25) is 0 Å². The topological polar surface area (TPSA) is 57.5 Å². The van der Waals surface area contributed by atoms with Crippen LogP contribution in [0.3, 0.4) is 0 Å². The molecule has 0 rings (SSSR count). The van der Waals surface area contributed by atoms with Crippen LogP contribution in [-0.2, 0) is 11.1 Å². The van der Waals surface area contributed by atoms with Crippen LogP contribution < -0.4 is 0 Å². The molecular formula is C3H6O3S. The molecule has 4 heteroatoms. The van der Waals surface area contributed by atoms with E-state index in [1.807, 2.05) is 0 Å². The highest BCUT2D eigenvalue weighted by molar-refractivity contribution is 7.82. The van der Waals surface area contributed by atoms with Crippen molar-refractivity contribution >= 4 is 11.1 Å². The van der Waals surface area contributed by atoms with E-state index in [2.05, 4.69) is 0 Å². The normalized spacial score (nSPS) is 15.1. The first-order valence-electron chi connectivity index (χ1n) is 1.64. The smallest absolute Gasteiger partial charge is 0.178 e. The van der Waals surface area contributed by atoms with Crippen molar-refractivity contribution in [1.82, 2.24) is 0 Å². The Morgan fingerprint density at radius 3 is 2.43 bits per heavy atom. The Morgan fingerprint density at radius 1 is 1.71 bits per heavy atom. The highest BCUT2D eigenvalue weighted by atomic mass is 32.2. The Kier molecular flexibility index (Phi) is 3.87. The minimum absolute atomic E-state index is 0.188. The van der Waals surface area contributed by atoms with Crippen LogP contribution in [0.25, 0.3) is 0 Å². The summed E-state index contributed by atoms with van der Waals surface area (Å²) >= 11 is -1.91. The SMILES string of the molecule is O=S(O)C=CCO. The summed E-state index contributed by atoms with van der Waals surface area (Å²) in [6.45, 7) is -0.188. The molecule has 2 N–H and O–H groups in total. The Hall–Kier alpha value is -0.190. The predicted molar refractivity (Wildman–Crippen MR) is 27.0 cm³/mol. The van der Waals surface area contributed by atoms with Gasteiger partial charge in [-0.2, -0.15) is 0 Å². The number of aliphatic hydroxyl groups is 1. The minimum Gasteiger partial charge on any atom is -0.392 e. The molecule has 0 aliphatic rings. The van der Waals surface area contributed by atoms with E-state index < -0.39 is 11.1 Å². The van der Waals surface area contributed by atoms with Crippen LogP contribution in [0.2, 0.25) is 0 Å². The fraction of sp³-hybridized carbons (Fsp3) is 0.333. The molecule has 0 aliphatic carbocycles. The molecule has 0 heterocycles. The number of hydrogen-bond donors (Lipinski definition) is 2. The third-order valence-electron chi connectivity index (χ3n) is 0.318. The number of aliphatic hydroxyl groups excluding tert-OH is 1. The Balaban J connectivity index is 3.26. The summed E-state index contributed by atoms with van der Waals surface area (Å²) in [4.78, 5) is 0. The number of rotatable bonds is 2. The van der Waals surface area contributed by atoms with Crippen LogP contribution in [0.4, 0.5) is 0 Å². The molecule has 0 spiro atoms. The molecule has 0 aliphatic heterocycles. The molecule has 0 aromatic carbocycles. The molecule has 1 atom stereocenters. The van der Waals surface area contributed by atoms with Crippen molar-refractivity contribution in [2.45, 2.75) is 0 Å². The van der Waals surface area contributed by atoms with Crippen molar-refractivity contribution in [3.63, 3.8) is 0 Å². The maximum atomic E-state index is 9.67. The molecule has 1 unspecified atom stereocenters. The van der Waals surface area contributed by atoms with Crippen LogP contribution in [0.5, 0.6) is 0 Å². The Morgan fingerprint density at radius 2 is 2.29 bits per heavy atom. The van der Waals surface area contributed by atoms with E-state index in [1.165, 1.54) is 6.08 Å². The van der Waals surface area contributed by atoms with Crippen molar-refractivity contribution < 1.29 is 13.9 Å². The molecule has 7 heavy (non-hydrogen) atoms. The highest BCUT2D eigenvalue weighted by Gasteiger charge is 1.75. The van der Waals surface area contributed by atoms with E-state index in [0.29, 0.717) is 0 Å². The van der Waals surface area contributed by atoms with Crippen molar-refractivity contribution in [2.75, 3.05) is 6.61 Å². The monoisotopic (exact) mass is 122 g/mol. The average Bonchev–Trinajstić information content (AvgIpc) is 1.61. The van der Waals surface area contributed by atoms with E-state index in [4.69, 9.17) is 9.66 Å². The molecule has 0 saturated heterocycles. The van der Waals surface area contributed by atoms with Crippen molar-refractivity contribution in [3.8, 4) is 0 Å². The van der Waals surface area contributed by atoms with Gasteiger partial charge in [0.1, 0.15) is 0 Å². The maximum absolute atomic E-state index is 9.67. The third kappa shape index (κ3) is 5.81. The van der Waals surface area contributed by atoms with E-state index in [9.17, 15) is 4.21 Å². The van der Waals surface area contributed by atoms with Crippen LogP contribution in [0, 0.1) is 0 Å². The molecule has 3 nitrogen and oxygen atoms in total. The van der Waals surface area contributed by atoms with E-state index >= 15 is 0 Å².